The fraction of sp³-hybridized carbons (Fsp3) is 0.250. The van der Waals surface area contributed by atoms with Crippen LogP contribution in [-0.2, 0) is 0 Å². The summed E-state index contributed by atoms with van der Waals surface area (Å²) in [5, 5.41) is 0. The van der Waals surface area contributed by atoms with Gasteiger partial charge in [-0.1, -0.05) is 0 Å². The molecule has 0 atom stereocenters. The van der Waals surface area contributed by atoms with E-state index in [4.69, 9.17) is 11.3 Å². The number of pyridine rings is 1. The molecule has 0 aliphatic rings. The van der Waals surface area contributed by atoms with Gasteiger partial charge in [-0.25, -0.2) is 9.83 Å². The minimum atomic E-state index is 0.545. The Morgan fingerprint density at radius 3 is 2.82 bits per heavy atom. The zero-order valence-electron chi connectivity index (χ0n) is 6.46. The van der Waals surface area contributed by atoms with Crippen LogP contribution in [0.4, 0.5) is 5.69 Å². The van der Waals surface area contributed by atoms with E-state index in [2.05, 4.69) is 9.83 Å². The van der Waals surface area contributed by atoms with Crippen LogP contribution in [0.1, 0.15) is 5.56 Å². The van der Waals surface area contributed by atoms with E-state index in [0.717, 1.165) is 5.56 Å². The standard InChI is InChI=1S/C8H8N2O/c1-6-4-7(9-2)5-10-8(6)11-3/h4-5H,1,3H3. The normalized spacial score (nSPS) is 8.82. The number of nitrogens with zero attached hydrogens (tertiary/aromatic N) is 2. The van der Waals surface area contributed by atoms with E-state index in [-0.39, 0.29) is 0 Å². The van der Waals surface area contributed by atoms with Crippen LogP contribution in [0.25, 0.3) is 4.85 Å². The first-order chi connectivity index (χ1) is 5.27. The average Bonchev–Trinajstić information content (AvgIpc) is 2.04. The highest BCUT2D eigenvalue weighted by molar-refractivity contribution is 5.46. The first kappa shape index (κ1) is 7.55. The van der Waals surface area contributed by atoms with Crippen molar-refractivity contribution < 1.29 is 4.74 Å². The molecule has 0 fully saturated rings. The molecule has 0 saturated heterocycles. The third-order valence-electron chi connectivity index (χ3n) is 1.34. The van der Waals surface area contributed by atoms with Gasteiger partial charge in [-0.05, 0) is 13.0 Å². The molecule has 1 heterocycles. The predicted octanol–water partition coefficient (Wildman–Crippen LogP) is 1.95. The molecule has 0 aromatic carbocycles. The van der Waals surface area contributed by atoms with Crippen molar-refractivity contribution in [1.29, 1.82) is 0 Å². The molecule has 0 aliphatic heterocycles. The number of hydrogen-bond acceptors (Lipinski definition) is 2. The average molecular weight is 148 g/mol. The summed E-state index contributed by atoms with van der Waals surface area (Å²) in [6.07, 6.45) is 1.50. The van der Waals surface area contributed by atoms with Crippen LogP contribution >= 0.6 is 0 Å². The predicted molar refractivity (Wildman–Crippen MR) is 41.8 cm³/mol. The lowest BCUT2D eigenvalue weighted by atomic mass is 10.3. The van der Waals surface area contributed by atoms with Crippen LogP contribution in [0.5, 0.6) is 5.88 Å². The number of ether oxygens (including phenoxy) is 1. The number of aryl methyl sites for hydroxylation is 1. The Morgan fingerprint density at radius 2 is 2.36 bits per heavy atom. The van der Waals surface area contributed by atoms with E-state index in [0.29, 0.717) is 11.6 Å². The van der Waals surface area contributed by atoms with Crippen LogP contribution in [0.3, 0.4) is 0 Å². The SMILES string of the molecule is [C-]#[N+]c1cnc(OC)c(C)c1. The molecule has 0 spiro atoms. The summed E-state index contributed by atoms with van der Waals surface area (Å²) >= 11 is 0. The quantitative estimate of drug-likeness (QED) is 0.569. The van der Waals surface area contributed by atoms with Gasteiger partial charge in [0.15, 0.2) is 0 Å². The van der Waals surface area contributed by atoms with Gasteiger partial charge in [0.2, 0.25) is 11.6 Å². The van der Waals surface area contributed by atoms with Crippen molar-refractivity contribution in [3.05, 3.63) is 29.2 Å². The van der Waals surface area contributed by atoms with Crippen LogP contribution in [0.15, 0.2) is 12.3 Å². The van der Waals surface area contributed by atoms with Gasteiger partial charge in [0.25, 0.3) is 0 Å². The van der Waals surface area contributed by atoms with Crippen molar-refractivity contribution in [3.63, 3.8) is 0 Å². The second kappa shape index (κ2) is 3.02. The summed E-state index contributed by atoms with van der Waals surface area (Å²) in [6.45, 7) is 8.57. The molecular formula is C8H8N2O. The molecule has 0 amide bonds. The molecule has 56 valence electrons. The first-order valence-electron chi connectivity index (χ1n) is 3.16. The van der Waals surface area contributed by atoms with Crippen molar-refractivity contribution in [1.82, 2.24) is 4.98 Å². The summed E-state index contributed by atoms with van der Waals surface area (Å²) in [5.74, 6) is 0.581. The molecule has 0 N–H and O–H groups in total. The van der Waals surface area contributed by atoms with Crippen molar-refractivity contribution in [2.24, 2.45) is 0 Å². The minimum Gasteiger partial charge on any atom is -0.481 e. The molecule has 3 nitrogen and oxygen atoms in total. The minimum absolute atomic E-state index is 0.545. The van der Waals surface area contributed by atoms with Crippen molar-refractivity contribution in [2.45, 2.75) is 6.92 Å². The third-order valence-corrected chi connectivity index (χ3v) is 1.34. The maximum Gasteiger partial charge on any atom is 0.213 e. The number of hydrogen-bond donors (Lipinski definition) is 0. The Kier molecular flexibility index (Phi) is 2.07. The van der Waals surface area contributed by atoms with E-state index >= 15 is 0 Å². The molecule has 0 radical (unpaired) electrons. The van der Waals surface area contributed by atoms with Crippen molar-refractivity contribution in [2.75, 3.05) is 7.11 Å². The second-order valence-corrected chi connectivity index (χ2v) is 2.13. The van der Waals surface area contributed by atoms with E-state index in [1.54, 1.807) is 13.2 Å². The number of methoxy groups -OCH3 is 1. The fourth-order valence-electron chi connectivity index (χ4n) is 0.822. The highest BCUT2D eigenvalue weighted by Crippen LogP contribution is 2.19. The zero-order valence-corrected chi connectivity index (χ0v) is 6.46. The monoisotopic (exact) mass is 148 g/mol. The summed E-state index contributed by atoms with van der Waals surface area (Å²) < 4.78 is 4.93. The second-order valence-electron chi connectivity index (χ2n) is 2.13. The zero-order chi connectivity index (χ0) is 8.27. The Balaban J connectivity index is 3.12. The van der Waals surface area contributed by atoms with E-state index in [1.165, 1.54) is 6.20 Å². The van der Waals surface area contributed by atoms with Gasteiger partial charge >= 0.3 is 0 Å². The van der Waals surface area contributed by atoms with Gasteiger partial charge in [0.05, 0.1) is 13.7 Å². The van der Waals surface area contributed by atoms with Crippen LogP contribution < -0.4 is 4.74 Å². The molecule has 1 rings (SSSR count). The van der Waals surface area contributed by atoms with Crippen LogP contribution in [-0.4, -0.2) is 12.1 Å². The number of rotatable bonds is 1. The Hall–Kier alpha value is -1.56. The lowest BCUT2D eigenvalue weighted by Crippen LogP contribution is -1.89. The molecule has 0 bridgehead atoms. The third kappa shape index (κ3) is 1.47. The van der Waals surface area contributed by atoms with Crippen LogP contribution in [0, 0.1) is 13.5 Å². The fourth-order valence-corrected chi connectivity index (χ4v) is 0.822. The molecule has 3 heteroatoms. The van der Waals surface area contributed by atoms with Gasteiger partial charge in [-0.3, -0.25) is 0 Å². The smallest absolute Gasteiger partial charge is 0.213 e. The largest absolute Gasteiger partial charge is 0.481 e. The van der Waals surface area contributed by atoms with Gasteiger partial charge in [-0.15, -0.1) is 0 Å². The molecule has 1 aromatic heterocycles. The highest BCUT2D eigenvalue weighted by Gasteiger charge is 1.99. The Morgan fingerprint density at radius 1 is 1.64 bits per heavy atom. The summed E-state index contributed by atoms with van der Waals surface area (Å²) in [5.41, 5.74) is 1.43. The maximum atomic E-state index is 6.71. The molecular weight excluding hydrogens is 140 g/mol. The van der Waals surface area contributed by atoms with E-state index < -0.39 is 0 Å². The molecule has 0 saturated carbocycles. The summed E-state index contributed by atoms with van der Waals surface area (Å²) in [4.78, 5) is 7.17. The highest BCUT2D eigenvalue weighted by atomic mass is 16.5. The van der Waals surface area contributed by atoms with Crippen LogP contribution in [0.2, 0.25) is 0 Å². The van der Waals surface area contributed by atoms with Gasteiger partial charge in [-0.2, -0.15) is 0 Å². The molecule has 0 unspecified atom stereocenters. The van der Waals surface area contributed by atoms with Gasteiger partial charge in [0, 0.05) is 11.8 Å². The summed E-state index contributed by atoms with van der Waals surface area (Å²) in [7, 11) is 1.56. The Labute approximate surface area is 65.5 Å². The Bertz CT molecular complexity index is 301. The summed E-state index contributed by atoms with van der Waals surface area (Å²) in [6, 6.07) is 1.75. The first-order valence-corrected chi connectivity index (χ1v) is 3.16. The molecule has 1 aromatic rings. The number of aromatic nitrogens is 1. The van der Waals surface area contributed by atoms with Crippen molar-refractivity contribution in [3.8, 4) is 5.88 Å². The van der Waals surface area contributed by atoms with Crippen molar-refractivity contribution >= 4 is 5.69 Å². The van der Waals surface area contributed by atoms with E-state index in [9.17, 15) is 0 Å². The lowest BCUT2D eigenvalue weighted by Gasteiger charge is -2.01. The van der Waals surface area contributed by atoms with E-state index in [1.807, 2.05) is 6.92 Å². The lowest BCUT2D eigenvalue weighted by molar-refractivity contribution is 0.395. The van der Waals surface area contributed by atoms with Gasteiger partial charge in [0.1, 0.15) is 0 Å². The maximum absolute atomic E-state index is 6.71. The molecule has 0 aliphatic carbocycles. The molecule has 11 heavy (non-hydrogen) atoms. The van der Waals surface area contributed by atoms with Gasteiger partial charge < -0.3 is 4.74 Å². The topological polar surface area (TPSA) is 26.5 Å².